The molecule has 0 aromatic heterocycles. The van der Waals surface area contributed by atoms with Gasteiger partial charge in [-0.1, -0.05) is 15.9 Å². The van der Waals surface area contributed by atoms with E-state index in [1.165, 1.54) is 0 Å². The Bertz CT molecular complexity index is 409. The van der Waals surface area contributed by atoms with E-state index >= 15 is 0 Å². The summed E-state index contributed by atoms with van der Waals surface area (Å²) < 4.78 is 8.38. The fourth-order valence-electron chi connectivity index (χ4n) is 1.34. The van der Waals surface area contributed by atoms with Gasteiger partial charge in [0.2, 0.25) is 0 Å². The zero-order chi connectivity index (χ0) is 14.6. The monoisotopic (exact) mass is 457 g/mol. The van der Waals surface area contributed by atoms with E-state index in [0.29, 0.717) is 13.2 Å². The summed E-state index contributed by atoms with van der Waals surface area (Å²) in [4.78, 5) is 0. The fraction of sp³-hybridized carbons (Fsp3) is 0.538. The van der Waals surface area contributed by atoms with Crippen molar-refractivity contribution in [3.05, 3.63) is 25.6 Å². The summed E-state index contributed by atoms with van der Waals surface area (Å²) in [7, 11) is 0. The molecule has 2 N–H and O–H groups in total. The average Bonchev–Trinajstić information content (AvgIpc) is 2.23. The molecule has 0 aliphatic heterocycles. The average molecular weight is 460 g/mol. The van der Waals surface area contributed by atoms with Gasteiger partial charge >= 0.3 is 0 Å². The minimum absolute atomic E-state index is 0.236. The van der Waals surface area contributed by atoms with E-state index in [1.807, 2.05) is 32.9 Å². The second-order valence-electron chi connectivity index (χ2n) is 5.20. The van der Waals surface area contributed by atoms with E-state index < -0.39 is 6.10 Å². The molecule has 0 heterocycles. The summed E-state index contributed by atoms with van der Waals surface area (Å²) in [6, 6.07) is 3.90. The minimum Gasteiger partial charge on any atom is -0.389 e. The van der Waals surface area contributed by atoms with Crippen LogP contribution in [0.25, 0.3) is 0 Å². The quantitative estimate of drug-likeness (QED) is 0.678. The van der Waals surface area contributed by atoms with Gasteiger partial charge in [-0.15, -0.1) is 0 Å². The van der Waals surface area contributed by atoms with Crippen molar-refractivity contribution in [2.75, 3.05) is 18.5 Å². The van der Waals surface area contributed by atoms with E-state index in [1.54, 1.807) is 0 Å². The molecule has 0 saturated carbocycles. The summed E-state index contributed by atoms with van der Waals surface area (Å²) in [5.74, 6) is 0. The van der Waals surface area contributed by atoms with Gasteiger partial charge in [-0.3, -0.25) is 0 Å². The topological polar surface area (TPSA) is 41.5 Å². The molecule has 1 aromatic rings. The summed E-state index contributed by atoms with van der Waals surface area (Å²) in [6.07, 6.45) is -0.554. The third kappa shape index (κ3) is 6.58. The van der Waals surface area contributed by atoms with Crippen LogP contribution in [-0.4, -0.2) is 30.0 Å². The fourth-order valence-corrected chi connectivity index (χ4v) is 3.88. The number of aliphatic hydroxyl groups is 1. The summed E-state index contributed by atoms with van der Waals surface area (Å²) in [6.45, 7) is 6.64. The third-order valence-corrected chi connectivity index (χ3v) is 3.94. The summed E-state index contributed by atoms with van der Waals surface area (Å²) in [5, 5.41) is 13.1. The van der Waals surface area contributed by atoms with Crippen molar-refractivity contribution < 1.29 is 9.84 Å². The lowest BCUT2D eigenvalue weighted by Gasteiger charge is -2.22. The van der Waals surface area contributed by atoms with Crippen molar-refractivity contribution >= 4 is 53.5 Å². The number of anilines is 1. The van der Waals surface area contributed by atoms with Crippen LogP contribution in [0.15, 0.2) is 25.6 Å². The first kappa shape index (κ1) is 17.4. The number of aliphatic hydroxyl groups excluding tert-OH is 1. The minimum atomic E-state index is -0.554. The van der Waals surface area contributed by atoms with Crippen LogP contribution in [0.4, 0.5) is 5.69 Å². The number of hydrogen-bond acceptors (Lipinski definition) is 3. The van der Waals surface area contributed by atoms with E-state index in [0.717, 1.165) is 19.1 Å². The second-order valence-corrected chi connectivity index (χ2v) is 7.83. The Morgan fingerprint density at radius 3 is 2.21 bits per heavy atom. The van der Waals surface area contributed by atoms with Gasteiger partial charge < -0.3 is 15.2 Å². The number of ether oxygens (including phenoxy) is 1. The highest BCUT2D eigenvalue weighted by Crippen LogP contribution is 2.34. The predicted octanol–water partition coefficient (Wildman–Crippen LogP) is 4.56. The zero-order valence-corrected chi connectivity index (χ0v) is 15.9. The van der Waals surface area contributed by atoms with Crippen molar-refractivity contribution in [1.29, 1.82) is 0 Å². The first-order valence-electron chi connectivity index (χ1n) is 5.89. The predicted molar refractivity (Wildman–Crippen MR) is 89.7 cm³/mol. The Morgan fingerprint density at radius 1 is 1.21 bits per heavy atom. The normalized spacial score (nSPS) is 13.4. The smallest absolute Gasteiger partial charge is 0.0945 e. The van der Waals surface area contributed by atoms with Crippen LogP contribution in [0.5, 0.6) is 0 Å². The van der Waals surface area contributed by atoms with Gasteiger partial charge in [0.15, 0.2) is 0 Å². The molecule has 0 bridgehead atoms. The molecule has 3 nitrogen and oxygen atoms in total. The summed E-state index contributed by atoms with van der Waals surface area (Å²) >= 11 is 10.4. The van der Waals surface area contributed by atoms with Gasteiger partial charge in [0, 0.05) is 20.0 Å². The molecular formula is C13H18Br3NO2. The van der Waals surface area contributed by atoms with Crippen molar-refractivity contribution in [2.24, 2.45) is 0 Å². The molecule has 0 saturated heterocycles. The zero-order valence-electron chi connectivity index (χ0n) is 11.1. The molecule has 19 heavy (non-hydrogen) atoms. The van der Waals surface area contributed by atoms with Gasteiger partial charge in [0.1, 0.15) is 0 Å². The van der Waals surface area contributed by atoms with E-state index in [2.05, 4.69) is 53.1 Å². The lowest BCUT2D eigenvalue weighted by atomic mass is 10.2. The van der Waals surface area contributed by atoms with Gasteiger partial charge in [-0.05, 0) is 64.8 Å². The number of hydrogen-bond donors (Lipinski definition) is 2. The van der Waals surface area contributed by atoms with Crippen molar-refractivity contribution in [3.8, 4) is 0 Å². The Balaban J connectivity index is 2.53. The largest absolute Gasteiger partial charge is 0.389 e. The van der Waals surface area contributed by atoms with Crippen LogP contribution in [0, 0.1) is 0 Å². The van der Waals surface area contributed by atoms with E-state index in [4.69, 9.17) is 4.74 Å². The molecular weight excluding hydrogens is 442 g/mol. The molecule has 108 valence electrons. The van der Waals surface area contributed by atoms with Crippen molar-refractivity contribution in [1.82, 2.24) is 0 Å². The highest BCUT2D eigenvalue weighted by atomic mass is 79.9. The highest BCUT2D eigenvalue weighted by molar-refractivity contribution is 9.11. The second kappa shape index (κ2) is 7.41. The lowest BCUT2D eigenvalue weighted by molar-refractivity contribution is -0.0449. The SMILES string of the molecule is CC(C)(C)OCC(O)CNc1c(Br)cc(Br)cc1Br. The molecule has 0 radical (unpaired) electrons. The molecule has 0 amide bonds. The highest BCUT2D eigenvalue weighted by Gasteiger charge is 2.14. The number of nitrogens with one attached hydrogen (secondary N) is 1. The Hall–Kier alpha value is 0.380. The first-order chi connectivity index (χ1) is 8.69. The van der Waals surface area contributed by atoms with Gasteiger partial charge in [0.05, 0.1) is 24.0 Å². The van der Waals surface area contributed by atoms with Crippen LogP contribution in [0.3, 0.4) is 0 Å². The van der Waals surface area contributed by atoms with Crippen molar-refractivity contribution in [2.45, 2.75) is 32.5 Å². The van der Waals surface area contributed by atoms with Crippen LogP contribution < -0.4 is 5.32 Å². The molecule has 1 rings (SSSR count). The van der Waals surface area contributed by atoms with Gasteiger partial charge in [0.25, 0.3) is 0 Å². The molecule has 6 heteroatoms. The van der Waals surface area contributed by atoms with E-state index in [-0.39, 0.29) is 5.60 Å². The Morgan fingerprint density at radius 2 is 1.74 bits per heavy atom. The molecule has 1 unspecified atom stereocenters. The van der Waals surface area contributed by atoms with Crippen LogP contribution in [-0.2, 0) is 4.74 Å². The number of halogens is 3. The maximum absolute atomic E-state index is 9.88. The molecule has 0 aliphatic carbocycles. The molecule has 0 fully saturated rings. The van der Waals surface area contributed by atoms with Gasteiger partial charge in [-0.25, -0.2) is 0 Å². The van der Waals surface area contributed by atoms with Crippen LogP contribution >= 0.6 is 47.8 Å². The molecule has 1 atom stereocenters. The third-order valence-electron chi connectivity index (χ3n) is 2.23. The maximum Gasteiger partial charge on any atom is 0.0945 e. The maximum atomic E-state index is 9.88. The number of benzene rings is 1. The van der Waals surface area contributed by atoms with E-state index in [9.17, 15) is 5.11 Å². The van der Waals surface area contributed by atoms with Crippen LogP contribution in [0.2, 0.25) is 0 Å². The lowest BCUT2D eigenvalue weighted by Crippen LogP contribution is -2.30. The Kier molecular flexibility index (Phi) is 6.79. The molecule has 1 aromatic carbocycles. The molecule has 0 spiro atoms. The van der Waals surface area contributed by atoms with Crippen molar-refractivity contribution in [3.63, 3.8) is 0 Å². The standard InChI is InChI=1S/C13H18Br3NO2/c1-13(2,3)19-7-9(18)6-17-12-10(15)4-8(14)5-11(12)16/h4-5,9,17-18H,6-7H2,1-3H3. The first-order valence-corrected chi connectivity index (χ1v) is 8.27. The molecule has 0 aliphatic rings. The van der Waals surface area contributed by atoms with Gasteiger partial charge in [-0.2, -0.15) is 0 Å². The Labute approximate surface area is 139 Å². The summed E-state index contributed by atoms with van der Waals surface area (Å²) in [5.41, 5.74) is 0.678. The number of rotatable bonds is 5. The van der Waals surface area contributed by atoms with Crippen LogP contribution in [0.1, 0.15) is 20.8 Å².